The summed E-state index contributed by atoms with van der Waals surface area (Å²) >= 11 is 0.970. The maximum atomic E-state index is 13.0. The molecule has 0 aliphatic rings. The molecule has 0 aliphatic heterocycles. The van der Waals surface area contributed by atoms with Crippen LogP contribution in [-0.2, 0) is 16.1 Å². The van der Waals surface area contributed by atoms with Gasteiger partial charge in [-0.3, -0.25) is 4.79 Å². The highest BCUT2D eigenvalue weighted by atomic mass is 32.1. The molecule has 110 valence electrons. The quantitative estimate of drug-likeness (QED) is 0.839. The van der Waals surface area contributed by atoms with Crippen molar-refractivity contribution in [2.45, 2.75) is 6.61 Å². The number of carbonyl (C=O) groups is 2. The third-order valence-electron chi connectivity index (χ3n) is 2.19. The van der Waals surface area contributed by atoms with Gasteiger partial charge in [-0.05, 0) is 18.2 Å². The fourth-order valence-electron chi connectivity index (χ4n) is 1.38. The fourth-order valence-corrected chi connectivity index (χ4v) is 2.05. The summed E-state index contributed by atoms with van der Waals surface area (Å²) < 4.78 is 17.8. The Morgan fingerprint density at radius 3 is 2.90 bits per heavy atom. The molecule has 1 aromatic heterocycles. The summed E-state index contributed by atoms with van der Waals surface area (Å²) in [6.45, 7) is -0.498. The van der Waals surface area contributed by atoms with Crippen LogP contribution in [0.15, 0.2) is 24.3 Å². The Balaban J connectivity index is 1.94. The van der Waals surface area contributed by atoms with Gasteiger partial charge >= 0.3 is 5.97 Å². The maximum absolute atomic E-state index is 13.0. The number of nitrogens with one attached hydrogen (secondary N) is 1. The fraction of sp³-hybridized carbons (Fsp3) is 0.167. The molecule has 0 fully saturated rings. The van der Waals surface area contributed by atoms with Crippen LogP contribution < -0.4 is 5.32 Å². The first kappa shape index (κ1) is 15.0. The summed E-state index contributed by atoms with van der Waals surface area (Å²) in [6.07, 6.45) is 0. The first-order valence-electron chi connectivity index (χ1n) is 5.73. The van der Waals surface area contributed by atoms with Crippen molar-refractivity contribution >= 4 is 28.9 Å². The van der Waals surface area contributed by atoms with Crippen LogP contribution in [-0.4, -0.2) is 33.8 Å². The molecule has 0 spiro atoms. The second-order valence-corrected chi connectivity index (χ2v) is 4.91. The van der Waals surface area contributed by atoms with Crippen molar-refractivity contribution in [2.75, 3.05) is 11.9 Å². The lowest BCUT2D eigenvalue weighted by atomic mass is 10.3. The molecule has 1 heterocycles. The van der Waals surface area contributed by atoms with Crippen molar-refractivity contribution in [1.29, 1.82) is 0 Å². The third-order valence-corrected chi connectivity index (χ3v) is 3.09. The summed E-state index contributed by atoms with van der Waals surface area (Å²) in [7, 11) is 0. The summed E-state index contributed by atoms with van der Waals surface area (Å²) in [5.41, 5.74) is 0.305. The van der Waals surface area contributed by atoms with Gasteiger partial charge in [0.15, 0.2) is 0 Å². The first-order valence-corrected chi connectivity index (χ1v) is 6.55. The van der Waals surface area contributed by atoms with Crippen LogP contribution in [0.1, 0.15) is 14.8 Å². The minimum absolute atomic E-state index is 0.0444. The van der Waals surface area contributed by atoms with Crippen molar-refractivity contribution in [2.24, 2.45) is 0 Å². The van der Waals surface area contributed by atoms with Crippen molar-refractivity contribution in [3.63, 3.8) is 0 Å². The second-order valence-electron chi connectivity index (χ2n) is 3.85. The largest absolute Gasteiger partial charge is 0.480 e. The van der Waals surface area contributed by atoms with E-state index in [4.69, 9.17) is 9.84 Å². The number of carboxylic acid groups (broad SMARTS) is 1. The van der Waals surface area contributed by atoms with E-state index in [1.54, 1.807) is 6.07 Å². The minimum Gasteiger partial charge on any atom is -0.480 e. The maximum Gasteiger partial charge on any atom is 0.329 e. The van der Waals surface area contributed by atoms with Crippen LogP contribution in [0.5, 0.6) is 0 Å². The Morgan fingerprint density at radius 2 is 2.19 bits per heavy atom. The Labute approximate surface area is 122 Å². The van der Waals surface area contributed by atoms with Gasteiger partial charge in [0.05, 0.1) is 0 Å². The number of aliphatic carboxylic acids is 1. The van der Waals surface area contributed by atoms with Gasteiger partial charge in [0.2, 0.25) is 5.01 Å². The number of rotatable bonds is 6. The molecule has 1 amide bonds. The number of anilines is 1. The van der Waals surface area contributed by atoms with Crippen molar-refractivity contribution in [1.82, 2.24) is 10.2 Å². The number of carbonyl (C=O) groups excluding carboxylic acids is 1. The third kappa shape index (κ3) is 4.58. The van der Waals surface area contributed by atoms with E-state index in [9.17, 15) is 14.0 Å². The topological polar surface area (TPSA) is 101 Å². The van der Waals surface area contributed by atoms with Crippen molar-refractivity contribution < 1.29 is 23.8 Å². The van der Waals surface area contributed by atoms with E-state index < -0.39 is 24.3 Å². The smallest absolute Gasteiger partial charge is 0.329 e. The van der Waals surface area contributed by atoms with Crippen LogP contribution in [0.2, 0.25) is 0 Å². The van der Waals surface area contributed by atoms with Crippen LogP contribution in [0.25, 0.3) is 0 Å². The highest BCUT2D eigenvalue weighted by molar-refractivity contribution is 7.13. The molecule has 0 bridgehead atoms. The van der Waals surface area contributed by atoms with E-state index in [1.807, 2.05) is 0 Å². The molecule has 0 aliphatic carbocycles. The molecule has 0 saturated carbocycles. The van der Waals surface area contributed by atoms with E-state index in [-0.39, 0.29) is 11.6 Å². The van der Waals surface area contributed by atoms with E-state index in [1.165, 1.54) is 18.2 Å². The average Bonchev–Trinajstić information content (AvgIpc) is 2.87. The second kappa shape index (κ2) is 6.86. The van der Waals surface area contributed by atoms with E-state index in [0.29, 0.717) is 10.7 Å². The van der Waals surface area contributed by atoms with Gasteiger partial charge < -0.3 is 15.2 Å². The van der Waals surface area contributed by atoms with Crippen LogP contribution in [0.3, 0.4) is 0 Å². The average molecular weight is 311 g/mol. The van der Waals surface area contributed by atoms with Crippen LogP contribution in [0.4, 0.5) is 10.1 Å². The number of aromatic nitrogens is 2. The molecule has 0 unspecified atom stereocenters. The lowest BCUT2D eigenvalue weighted by Gasteiger charge is -2.01. The van der Waals surface area contributed by atoms with Crippen LogP contribution >= 0.6 is 11.3 Å². The van der Waals surface area contributed by atoms with E-state index >= 15 is 0 Å². The number of hydrogen-bond acceptors (Lipinski definition) is 6. The lowest BCUT2D eigenvalue weighted by molar-refractivity contribution is -0.142. The lowest BCUT2D eigenvalue weighted by Crippen LogP contribution is -2.11. The predicted molar refractivity (Wildman–Crippen MR) is 71.6 cm³/mol. The van der Waals surface area contributed by atoms with Gasteiger partial charge in [0, 0.05) is 5.69 Å². The Kier molecular flexibility index (Phi) is 4.90. The van der Waals surface area contributed by atoms with E-state index in [2.05, 4.69) is 15.5 Å². The zero-order valence-electron chi connectivity index (χ0n) is 10.6. The molecular formula is C12H10FN3O4S. The summed E-state index contributed by atoms with van der Waals surface area (Å²) in [6, 6.07) is 5.45. The van der Waals surface area contributed by atoms with Gasteiger partial charge in [-0.25, -0.2) is 9.18 Å². The van der Waals surface area contributed by atoms with Crippen molar-refractivity contribution in [3.8, 4) is 0 Å². The molecule has 2 aromatic rings. The van der Waals surface area contributed by atoms with Gasteiger partial charge in [0.1, 0.15) is 24.0 Å². The number of benzene rings is 1. The predicted octanol–water partition coefficient (Wildman–Crippen LogP) is 1.53. The number of hydrogen-bond donors (Lipinski definition) is 2. The molecule has 21 heavy (non-hydrogen) atoms. The molecule has 2 rings (SSSR count). The zero-order chi connectivity index (χ0) is 15.2. The van der Waals surface area contributed by atoms with E-state index in [0.717, 1.165) is 11.3 Å². The summed E-state index contributed by atoms with van der Waals surface area (Å²) in [5.74, 6) is -2.08. The van der Waals surface area contributed by atoms with Crippen LogP contribution in [0, 0.1) is 5.82 Å². The molecule has 0 saturated heterocycles. The van der Waals surface area contributed by atoms with Gasteiger partial charge in [0.25, 0.3) is 5.91 Å². The number of amides is 1. The van der Waals surface area contributed by atoms with Gasteiger partial charge in [-0.2, -0.15) is 0 Å². The first-order chi connectivity index (χ1) is 10.0. The highest BCUT2D eigenvalue weighted by Gasteiger charge is 2.13. The Bertz CT molecular complexity index is 661. The minimum atomic E-state index is -1.09. The van der Waals surface area contributed by atoms with Crippen molar-refractivity contribution in [3.05, 3.63) is 40.1 Å². The number of ether oxygens (including phenoxy) is 1. The monoisotopic (exact) mass is 311 g/mol. The summed E-state index contributed by atoms with van der Waals surface area (Å²) in [4.78, 5) is 22.1. The molecule has 1 aromatic carbocycles. The molecule has 2 N–H and O–H groups in total. The number of nitrogens with zero attached hydrogens (tertiary/aromatic N) is 2. The Morgan fingerprint density at radius 1 is 1.38 bits per heavy atom. The zero-order valence-corrected chi connectivity index (χ0v) is 11.4. The molecule has 0 atom stereocenters. The molecular weight excluding hydrogens is 301 g/mol. The molecule has 7 nitrogen and oxygen atoms in total. The van der Waals surface area contributed by atoms with Gasteiger partial charge in [-0.1, -0.05) is 17.4 Å². The highest BCUT2D eigenvalue weighted by Crippen LogP contribution is 2.14. The molecule has 0 radical (unpaired) electrons. The Hall–Kier alpha value is -2.39. The normalized spacial score (nSPS) is 10.3. The summed E-state index contributed by atoms with van der Waals surface area (Å²) in [5, 5.41) is 18.7. The SMILES string of the molecule is O=C(O)COCc1nnc(C(=O)Nc2cccc(F)c2)s1. The number of carboxylic acids is 1. The van der Waals surface area contributed by atoms with Gasteiger partial charge in [-0.15, -0.1) is 10.2 Å². The number of halogens is 1. The standard InChI is InChI=1S/C12H10FN3O4S/c13-7-2-1-3-8(4-7)14-11(19)12-16-15-9(21-12)5-20-6-10(17)18/h1-4H,5-6H2,(H,14,19)(H,17,18). The molecule has 9 heteroatoms.